The van der Waals surface area contributed by atoms with Crippen LogP contribution >= 0.6 is 0 Å². The third-order valence-corrected chi connectivity index (χ3v) is 5.15. The maximum Gasteiger partial charge on any atom is 0.0998 e. The van der Waals surface area contributed by atoms with Gasteiger partial charge in [0.05, 0.1) is 17.9 Å². The van der Waals surface area contributed by atoms with Crippen molar-refractivity contribution in [3.63, 3.8) is 0 Å². The maximum atomic E-state index is 4.88. The second-order valence-corrected chi connectivity index (χ2v) is 6.70. The lowest BCUT2D eigenvalue weighted by atomic mass is 9.93. The van der Waals surface area contributed by atoms with Gasteiger partial charge in [-0.2, -0.15) is 0 Å². The second-order valence-electron chi connectivity index (χ2n) is 6.70. The Hall–Kier alpha value is -2.09. The fraction of sp³-hybridized carbons (Fsp3) is 0.381. The Morgan fingerprint density at radius 3 is 2.09 bits per heavy atom. The monoisotopic (exact) mass is 304 g/mol. The minimum atomic E-state index is 0.313. The molecule has 2 nitrogen and oxygen atoms in total. The first kappa shape index (κ1) is 14.5. The van der Waals surface area contributed by atoms with Gasteiger partial charge in [0.1, 0.15) is 0 Å². The first-order valence-electron chi connectivity index (χ1n) is 8.77. The van der Waals surface area contributed by atoms with Gasteiger partial charge in [0.15, 0.2) is 0 Å². The summed E-state index contributed by atoms with van der Waals surface area (Å²) in [5.74, 6) is 1.26. The minimum absolute atomic E-state index is 0.313. The summed E-state index contributed by atoms with van der Waals surface area (Å²) in [5.41, 5.74) is 5.91. The molecule has 0 radical (unpaired) electrons. The first-order valence-corrected chi connectivity index (χ1v) is 8.77. The Kier molecular flexibility index (Phi) is 3.68. The molecule has 1 aliphatic carbocycles. The van der Waals surface area contributed by atoms with E-state index in [1.165, 1.54) is 28.1 Å². The van der Waals surface area contributed by atoms with Gasteiger partial charge in [0.2, 0.25) is 0 Å². The molecule has 0 N–H and O–H groups in total. The summed E-state index contributed by atoms with van der Waals surface area (Å²) in [6.07, 6.45) is 3.27. The molecule has 0 saturated carbocycles. The van der Waals surface area contributed by atoms with Gasteiger partial charge >= 0.3 is 0 Å². The molecule has 2 aliphatic rings. The molecule has 0 fully saturated rings. The van der Waals surface area contributed by atoms with Gasteiger partial charge in [0.25, 0.3) is 0 Å². The lowest BCUT2D eigenvalue weighted by Crippen LogP contribution is -2.34. The lowest BCUT2D eigenvalue weighted by molar-refractivity contribution is 0.364. The Balaban J connectivity index is 1.89. The number of aliphatic imine (C=N–C) groups is 1. The molecule has 23 heavy (non-hydrogen) atoms. The normalized spacial score (nSPS) is 20.7. The van der Waals surface area contributed by atoms with E-state index in [9.17, 15) is 0 Å². The smallest absolute Gasteiger partial charge is 0.0998 e. The molecule has 2 aromatic carbocycles. The van der Waals surface area contributed by atoms with E-state index < -0.39 is 0 Å². The van der Waals surface area contributed by atoms with Crippen molar-refractivity contribution in [3.05, 3.63) is 70.8 Å². The third-order valence-electron chi connectivity index (χ3n) is 5.15. The quantitative estimate of drug-likeness (QED) is 0.803. The van der Waals surface area contributed by atoms with Crippen molar-refractivity contribution in [1.29, 1.82) is 0 Å². The van der Waals surface area contributed by atoms with Gasteiger partial charge in [0, 0.05) is 13.0 Å². The van der Waals surface area contributed by atoms with E-state index in [0.717, 1.165) is 25.8 Å². The molecule has 0 spiro atoms. The number of aryl methyl sites for hydroxylation is 2. The molecular weight excluding hydrogens is 280 g/mol. The Labute approximate surface area is 138 Å². The van der Waals surface area contributed by atoms with Crippen molar-refractivity contribution >= 4 is 5.84 Å². The molecule has 0 aromatic heterocycles. The molecule has 2 heteroatoms. The predicted octanol–water partition coefficient (Wildman–Crippen LogP) is 4.39. The first-order chi connectivity index (χ1) is 11.3. The average Bonchev–Trinajstić information content (AvgIpc) is 2.87. The Bertz CT molecular complexity index is 700. The fourth-order valence-corrected chi connectivity index (χ4v) is 4.14. The highest BCUT2D eigenvalue weighted by molar-refractivity contribution is 5.85. The van der Waals surface area contributed by atoms with Crippen LogP contribution in [0.5, 0.6) is 0 Å². The number of hydrogen-bond acceptors (Lipinski definition) is 2. The van der Waals surface area contributed by atoms with Crippen molar-refractivity contribution in [1.82, 2.24) is 4.90 Å². The molecule has 1 aliphatic heterocycles. The zero-order valence-corrected chi connectivity index (χ0v) is 14.0. The van der Waals surface area contributed by atoms with E-state index in [1.807, 2.05) is 0 Å². The molecule has 118 valence electrons. The topological polar surface area (TPSA) is 15.6 Å². The number of hydrogen-bond donors (Lipinski definition) is 0. The fourth-order valence-electron chi connectivity index (χ4n) is 4.14. The van der Waals surface area contributed by atoms with E-state index in [1.54, 1.807) is 0 Å². The molecular formula is C21H24N2. The van der Waals surface area contributed by atoms with E-state index in [-0.39, 0.29) is 0 Å². The van der Waals surface area contributed by atoms with Crippen LogP contribution in [0.4, 0.5) is 0 Å². The number of nitrogens with zero attached hydrogens (tertiary/aromatic N) is 2. The van der Waals surface area contributed by atoms with Crippen molar-refractivity contribution in [2.24, 2.45) is 4.99 Å². The van der Waals surface area contributed by atoms with Gasteiger partial charge in [-0.05, 0) is 42.0 Å². The lowest BCUT2D eigenvalue weighted by Gasteiger charge is -2.33. The van der Waals surface area contributed by atoms with Gasteiger partial charge < -0.3 is 4.90 Å². The largest absolute Gasteiger partial charge is 0.347 e. The molecule has 4 rings (SSSR count). The summed E-state index contributed by atoms with van der Waals surface area (Å²) in [6.45, 7) is 5.47. The van der Waals surface area contributed by atoms with E-state index >= 15 is 0 Å². The third kappa shape index (κ3) is 2.46. The molecule has 1 atom stereocenters. The summed E-state index contributed by atoms with van der Waals surface area (Å²) in [6, 6.07) is 18.7. The summed E-state index contributed by atoms with van der Waals surface area (Å²) in [5, 5.41) is 0. The summed E-state index contributed by atoms with van der Waals surface area (Å²) in [7, 11) is 0. The SMILES string of the molecule is CCC1=NC(C)CN1C1c2ccccc2CCc2ccccc21. The molecule has 0 bridgehead atoms. The minimum Gasteiger partial charge on any atom is -0.347 e. The van der Waals surface area contributed by atoms with Crippen LogP contribution in [0.25, 0.3) is 0 Å². The predicted molar refractivity (Wildman–Crippen MR) is 96.0 cm³/mol. The second kappa shape index (κ2) is 5.84. The summed E-state index contributed by atoms with van der Waals surface area (Å²) >= 11 is 0. The maximum absolute atomic E-state index is 4.88. The molecule has 1 heterocycles. The van der Waals surface area contributed by atoms with Crippen LogP contribution in [-0.4, -0.2) is 23.3 Å². The molecule has 2 aromatic rings. The highest BCUT2D eigenvalue weighted by Crippen LogP contribution is 2.38. The van der Waals surface area contributed by atoms with Crippen LogP contribution in [0.15, 0.2) is 53.5 Å². The van der Waals surface area contributed by atoms with Crippen LogP contribution in [0.1, 0.15) is 48.6 Å². The number of amidine groups is 1. The van der Waals surface area contributed by atoms with Gasteiger partial charge in [-0.25, -0.2) is 0 Å². The zero-order valence-electron chi connectivity index (χ0n) is 14.0. The number of rotatable bonds is 2. The Morgan fingerprint density at radius 1 is 0.957 bits per heavy atom. The van der Waals surface area contributed by atoms with Crippen LogP contribution in [0.2, 0.25) is 0 Å². The van der Waals surface area contributed by atoms with Crippen LogP contribution in [0, 0.1) is 0 Å². The van der Waals surface area contributed by atoms with Gasteiger partial charge in [-0.15, -0.1) is 0 Å². The van der Waals surface area contributed by atoms with Gasteiger partial charge in [-0.1, -0.05) is 55.5 Å². The van der Waals surface area contributed by atoms with Crippen molar-refractivity contribution in [2.75, 3.05) is 6.54 Å². The Morgan fingerprint density at radius 2 is 1.52 bits per heavy atom. The van der Waals surface area contributed by atoms with E-state index in [4.69, 9.17) is 4.99 Å². The van der Waals surface area contributed by atoms with Crippen LogP contribution in [-0.2, 0) is 12.8 Å². The van der Waals surface area contributed by atoms with E-state index in [0.29, 0.717) is 12.1 Å². The van der Waals surface area contributed by atoms with Crippen molar-refractivity contribution < 1.29 is 0 Å². The number of benzene rings is 2. The zero-order chi connectivity index (χ0) is 15.8. The van der Waals surface area contributed by atoms with Gasteiger partial charge in [-0.3, -0.25) is 4.99 Å². The molecule has 0 saturated heterocycles. The highest BCUT2D eigenvalue weighted by Gasteiger charge is 2.33. The molecule has 1 unspecified atom stereocenters. The van der Waals surface area contributed by atoms with Crippen LogP contribution < -0.4 is 0 Å². The average molecular weight is 304 g/mol. The van der Waals surface area contributed by atoms with Crippen LogP contribution in [0.3, 0.4) is 0 Å². The van der Waals surface area contributed by atoms with E-state index in [2.05, 4.69) is 67.3 Å². The standard InChI is InChI=1S/C21H24N2/c1-3-20-22-15(2)14-23(20)21-18-10-6-4-8-16(18)12-13-17-9-5-7-11-19(17)21/h4-11,15,21H,3,12-14H2,1-2H3. The number of fused-ring (bicyclic) bond motifs is 2. The highest BCUT2D eigenvalue weighted by atomic mass is 15.3. The summed E-state index contributed by atoms with van der Waals surface area (Å²) in [4.78, 5) is 7.43. The summed E-state index contributed by atoms with van der Waals surface area (Å²) < 4.78 is 0. The van der Waals surface area contributed by atoms with Crippen molar-refractivity contribution in [2.45, 2.75) is 45.2 Å². The van der Waals surface area contributed by atoms with Crippen molar-refractivity contribution in [3.8, 4) is 0 Å². The molecule has 0 amide bonds.